The summed E-state index contributed by atoms with van der Waals surface area (Å²) >= 11 is 1.85. The zero-order valence-corrected chi connectivity index (χ0v) is 16.9. The monoisotopic (exact) mass is 402 g/mol. The molecule has 26 heavy (non-hydrogen) atoms. The molecule has 0 aliphatic heterocycles. The molecule has 0 unspecified atom stereocenters. The lowest BCUT2D eigenvalue weighted by Crippen LogP contribution is -2.50. The van der Waals surface area contributed by atoms with Crippen LogP contribution < -0.4 is 9.62 Å². The Morgan fingerprint density at radius 2 is 2.00 bits per heavy atom. The first-order chi connectivity index (χ1) is 12.3. The molecule has 2 rings (SSSR count). The van der Waals surface area contributed by atoms with Crippen molar-refractivity contribution in [3.63, 3.8) is 0 Å². The highest BCUT2D eigenvalue weighted by molar-refractivity contribution is 7.99. The first kappa shape index (κ1) is 21.0. The smallest absolute Gasteiger partial charge is 0.243 e. The van der Waals surface area contributed by atoms with E-state index >= 15 is 0 Å². The number of halogens is 1. The van der Waals surface area contributed by atoms with Crippen LogP contribution >= 0.6 is 11.8 Å². The summed E-state index contributed by atoms with van der Waals surface area (Å²) in [6.45, 7) is 2.20. The topological polar surface area (TPSA) is 66.5 Å². The number of nitrogens with zero attached hydrogens (tertiary/aromatic N) is 1. The van der Waals surface area contributed by atoms with Crippen molar-refractivity contribution in [3.8, 4) is 0 Å². The fourth-order valence-electron chi connectivity index (χ4n) is 3.24. The van der Waals surface area contributed by atoms with Gasteiger partial charge in [-0.3, -0.25) is 9.10 Å². The highest BCUT2D eigenvalue weighted by Gasteiger charge is 2.32. The van der Waals surface area contributed by atoms with Gasteiger partial charge in [-0.2, -0.15) is 11.8 Å². The van der Waals surface area contributed by atoms with Crippen molar-refractivity contribution >= 4 is 33.4 Å². The maximum absolute atomic E-state index is 14.2. The quantitative estimate of drug-likeness (QED) is 0.645. The second kappa shape index (κ2) is 9.60. The largest absolute Gasteiger partial charge is 0.353 e. The number of carbonyl (C=O) groups excluding carboxylic acids is 1. The molecule has 1 aliphatic rings. The van der Waals surface area contributed by atoms with Crippen LogP contribution in [0.4, 0.5) is 10.1 Å². The van der Waals surface area contributed by atoms with Gasteiger partial charge >= 0.3 is 0 Å². The molecule has 0 spiro atoms. The zero-order chi connectivity index (χ0) is 19.2. The Bertz CT molecular complexity index is 706. The lowest BCUT2D eigenvalue weighted by atomic mass is 10.2. The fraction of sp³-hybridized carbons (Fsp3) is 0.611. The summed E-state index contributed by atoms with van der Waals surface area (Å²) in [7, 11) is -3.81. The van der Waals surface area contributed by atoms with Crippen molar-refractivity contribution in [3.05, 3.63) is 30.1 Å². The average Bonchev–Trinajstić information content (AvgIpc) is 3.09. The molecule has 0 saturated heterocycles. The molecule has 146 valence electrons. The maximum Gasteiger partial charge on any atom is 0.243 e. The van der Waals surface area contributed by atoms with Gasteiger partial charge < -0.3 is 5.32 Å². The van der Waals surface area contributed by atoms with E-state index in [1.165, 1.54) is 43.9 Å². The van der Waals surface area contributed by atoms with E-state index in [2.05, 4.69) is 5.32 Å². The minimum absolute atomic E-state index is 0.0997. The van der Waals surface area contributed by atoms with Crippen molar-refractivity contribution in [2.75, 3.05) is 22.9 Å². The number of hydrogen-bond acceptors (Lipinski definition) is 4. The van der Waals surface area contributed by atoms with E-state index in [4.69, 9.17) is 0 Å². The number of nitrogens with one attached hydrogen (secondary N) is 1. The number of sulfonamides is 1. The summed E-state index contributed by atoms with van der Waals surface area (Å²) in [4.78, 5) is 12.6. The molecule has 5 nitrogen and oxygen atoms in total. The molecule has 1 atom stereocenters. The van der Waals surface area contributed by atoms with Crippen LogP contribution in [0.1, 0.15) is 39.0 Å². The molecule has 0 bridgehead atoms. The molecule has 1 fully saturated rings. The Labute approximate surface area is 159 Å². The molecule has 1 N–H and O–H groups in total. The fourth-order valence-corrected chi connectivity index (χ4v) is 5.67. The number of hydrogen-bond donors (Lipinski definition) is 1. The van der Waals surface area contributed by atoms with Crippen molar-refractivity contribution < 1.29 is 17.6 Å². The summed E-state index contributed by atoms with van der Waals surface area (Å²) < 4.78 is 39.6. The minimum atomic E-state index is -3.81. The van der Waals surface area contributed by atoms with Gasteiger partial charge in [-0.05, 0) is 31.4 Å². The summed E-state index contributed by atoms with van der Waals surface area (Å²) in [5.74, 6) is -0.264. The average molecular weight is 403 g/mol. The molecular weight excluding hydrogens is 375 g/mol. The summed E-state index contributed by atoms with van der Waals surface area (Å²) in [6.07, 6.45) is 6.24. The van der Waals surface area contributed by atoms with Crippen LogP contribution in [-0.4, -0.2) is 44.2 Å². The van der Waals surface area contributed by atoms with Gasteiger partial charge in [-0.25, -0.2) is 12.8 Å². The number of rotatable bonds is 9. The Hall–Kier alpha value is -1.28. The summed E-state index contributed by atoms with van der Waals surface area (Å²) in [5.41, 5.74) is -0.0997. The van der Waals surface area contributed by atoms with Crippen LogP contribution in [0, 0.1) is 5.82 Å². The molecule has 1 amide bonds. The van der Waals surface area contributed by atoms with Crippen molar-refractivity contribution in [1.29, 1.82) is 0 Å². The lowest BCUT2D eigenvalue weighted by molar-refractivity contribution is -0.122. The van der Waals surface area contributed by atoms with E-state index < -0.39 is 27.8 Å². The van der Waals surface area contributed by atoms with Gasteiger partial charge in [0.15, 0.2) is 0 Å². The van der Waals surface area contributed by atoms with Crippen LogP contribution in [0.25, 0.3) is 0 Å². The van der Waals surface area contributed by atoms with E-state index in [0.717, 1.165) is 16.3 Å². The van der Waals surface area contributed by atoms with Crippen LogP contribution in [0.5, 0.6) is 0 Å². The number of para-hydroxylation sites is 1. The second-order valence-electron chi connectivity index (χ2n) is 6.50. The third kappa shape index (κ3) is 5.61. The van der Waals surface area contributed by atoms with Gasteiger partial charge in [0.05, 0.1) is 11.9 Å². The van der Waals surface area contributed by atoms with Gasteiger partial charge in [0.1, 0.15) is 11.9 Å². The van der Waals surface area contributed by atoms with Gasteiger partial charge in [-0.15, -0.1) is 0 Å². The molecule has 0 aromatic heterocycles. The van der Waals surface area contributed by atoms with Crippen LogP contribution in [-0.2, 0) is 14.8 Å². The van der Waals surface area contributed by atoms with E-state index in [0.29, 0.717) is 11.8 Å². The van der Waals surface area contributed by atoms with Gasteiger partial charge in [0.2, 0.25) is 15.9 Å². The second-order valence-corrected chi connectivity index (χ2v) is 9.77. The van der Waals surface area contributed by atoms with Crippen molar-refractivity contribution in [2.24, 2.45) is 0 Å². The molecule has 1 aliphatic carbocycles. The molecule has 1 aromatic carbocycles. The van der Waals surface area contributed by atoms with E-state index in [1.807, 2.05) is 11.8 Å². The SMILES string of the molecule is CC[C@H](C(=O)NCCSC1CCCC1)N(c1ccccc1F)S(C)(=O)=O. The number of carbonyl (C=O) groups is 1. The van der Waals surface area contributed by atoms with Crippen LogP contribution in [0.3, 0.4) is 0 Å². The Kier molecular flexibility index (Phi) is 7.76. The Morgan fingerprint density at radius 3 is 2.58 bits per heavy atom. The third-order valence-electron chi connectivity index (χ3n) is 4.48. The highest BCUT2D eigenvalue weighted by atomic mass is 32.2. The van der Waals surface area contributed by atoms with E-state index in [9.17, 15) is 17.6 Å². The Balaban J connectivity index is 2.04. The molecule has 0 heterocycles. The normalized spacial score (nSPS) is 16.4. The number of anilines is 1. The first-order valence-corrected chi connectivity index (χ1v) is 11.9. The standard InChI is InChI=1S/C18H27FN2O3S2/c1-3-16(18(22)20-12-13-25-14-8-4-5-9-14)21(26(2,23)24)17-11-7-6-10-15(17)19/h6-7,10-11,14,16H,3-5,8-9,12-13H2,1-2H3,(H,20,22)/t16-/m1/s1. The summed E-state index contributed by atoms with van der Waals surface area (Å²) in [6, 6.07) is 4.64. The lowest BCUT2D eigenvalue weighted by Gasteiger charge is -2.30. The van der Waals surface area contributed by atoms with Gasteiger partial charge in [-0.1, -0.05) is 31.9 Å². The molecule has 1 saturated carbocycles. The number of benzene rings is 1. The highest BCUT2D eigenvalue weighted by Crippen LogP contribution is 2.29. The Morgan fingerprint density at radius 1 is 1.35 bits per heavy atom. The van der Waals surface area contributed by atoms with E-state index in [-0.39, 0.29) is 12.1 Å². The number of amides is 1. The molecule has 8 heteroatoms. The van der Waals surface area contributed by atoms with Crippen LogP contribution in [0.15, 0.2) is 24.3 Å². The van der Waals surface area contributed by atoms with Crippen molar-refractivity contribution in [1.82, 2.24) is 5.32 Å². The zero-order valence-electron chi connectivity index (χ0n) is 15.3. The summed E-state index contributed by atoms with van der Waals surface area (Å²) in [5, 5.41) is 3.48. The number of thioether (sulfide) groups is 1. The van der Waals surface area contributed by atoms with Gasteiger partial charge in [0, 0.05) is 17.5 Å². The van der Waals surface area contributed by atoms with E-state index in [1.54, 1.807) is 13.0 Å². The predicted molar refractivity (Wildman–Crippen MR) is 106 cm³/mol. The van der Waals surface area contributed by atoms with Gasteiger partial charge in [0.25, 0.3) is 0 Å². The molecule has 1 aromatic rings. The predicted octanol–water partition coefficient (Wildman–Crippen LogP) is 3.16. The molecular formula is C18H27FN2O3S2. The van der Waals surface area contributed by atoms with Crippen molar-refractivity contribution in [2.45, 2.75) is 50.3 Å². The maximum atomic E-state index is 14.2. The third-order valence-corrected chi connectivity index (χ3v) is 7.03. The molecule has 0 radical (unpaired) electrons. The van der Waals surface area contributed by atoms with Crippen LogP contribution in [0.2, 0.25) is 0 Å². The first-order valence-electron chi connectivity index (χ1n) is 8.97. The minimum Gasteiger partial charge on any atom is -0.353 e.